The van der Waals surface area contributed by atoms with Crippen LogP contribution in [-0.4, -0.2) is 36.3 Å². The van der Waals surface area contributed by atoms with E-state index in [1.807, 2.05) is 12.1 Å². The number of hydrogen-bond donors (Lipinski definition) is 1. The van der Waals surface area contributed by atoms with Crippen LogP contribution in [-0.2, 0) is 6.54 Å². The Labute approximate surface area is 115 Å². The second kappa shape index (κ2) is 7.18. The standard InChI is InChI=1S/C16H21NO2/c1-2-3-10-19-16-6-4-14(5-7-16)11-17-9-8-15(12-17)13-18/h1,4-7,15,18H,3,8-13H2. The van der Waals surface area contributed by atoms with Crippen molar-refractivity contribution in [1.82, 2.24) is 4.90 Å². The van der Waals surface area contributed by atoms with E-state index in [1.165, 1.54) is 5.56 Å². The molecule has 1 atom stereocenters. The zero-order valence-electron chi connectivity index (χ0n) is 11.2. The van der Waals surface area contributed by atoms with Crippen LogP contribution in [0.1, 0.15) is 18.4 Å². The summed E-state index contributed by atoms with van der Waals surface area (Å²) in [6.07, 6.45) is 6.92. The number of nitrogens with zero attached hydrogens (tertiary/aromatic N) is 1. The maximum Gasteiger partial charge on any atom is 0.119 e. The first-order chi connectivity index (χ1) is 9.31. The van der Waals surface area contributed by atoms with Gasteiger partial charge in [-0.15, -0.1) is 12.3 Å². The Bertz CT molecular complexity index is 421. The van der Waals surface area contributed by atoms with Crippen LogP contribution in [0, 0.1) is 18.3 Å². The first kappa shape index (κ1) is 13.9. The summed E-state index contributed by atoms with van der Waals surface area (Å²) in [6, 6.07) is 8.17. The lowest BCUT2D eigenvalue weighted by atomic mass is 10.1. The number of aliphatic hydroxyl groups excluding tert-OH is 1. The minimum atomic E-state index is 0.304. The minimum absolute atomic E-state index is 0.304. The Kier molecular flexibility index (Phi) is 5.26. The van der Waals surface area contributed by atoms with Crippen molar-refractivity contribution >= 4 is 0 Å². The highest BCUT2D eigenvalue weighted by atomic mass is 16.5. The van der Waals surface area contributed by atoms with E-state index >= 15 is 0 Å². The lowest BCUT2D eigenvalue weighted by Gasteiger charge is -2.15. The van der Waals surface area contributed by atoms with Gasteiger partial charge in [0.25, 0.3) is 0 Å². The number of terminal acetylenes is 1. The molecule has 1 heterocycles. The molecular formula is C16H21NO2. The van der Waals surface area contributed by atoms with Gasteiger partial charge in [-0.3, -0.25) is 4.90 Å². The molecule has 0 aromatic heterocycles. The molecule has 0 radical (unpaired) electrons. The zero-order valence-corrected chi connectivity index (χ0v) is 11.2. The van der Waals surface area contributed by atoms with Crippen molar-refractivity contribution in [1.29, 1.82) is 0 Å². The van der Waals surface area contributed by atoms with Crippen molar-refractivity contribution < 1.29 is 9.84 Å². The van der Waals surface area contributed by atoms with Crippen LogP contribution in [0.3, 0.4) is 0 Å². The normalized spacial score (nSPS) is 19.3. The lowest BCUT2D eigenvalue weighted by molar-refractivity contribution is 0.220. The molecule has 3 heteroatoms. The van der Waals surface area contributed by atoms with E-state index in [-0.39, 0.29) is 0 Å². The molecule has 19 heavy (non-hydrogen) atoms. The second-order valence-electron chi connectivity index (χ2n) is 5.02. The highest BCUT2D eigenvalue weighted by molar-refractivity contribution is 5.27. The van der Waals surface area contributed by atoms with Crippen molar-refractivity contribution in [2.75, 3.05) is 26.3 Å². The van der Waals surface area contributed by atoms with Crippen molar-refractivity contribution in [2.24, 2.45) is 5.92 Å². The summed E-state index contributed by atoms with van der Waals surface area (Å²) in [5.74, 6) is 3.87. The molecule has 0 saturated carbocycles. The average Bonchev–Trinajstić information content (AvgIpc) is 2.89. The van der Waals surface area contributed by atoms with Crippen molar-refractivity contribution in [3.8, 4) is 18.1 Å². The highest BCUT2D eigenvalue weighted by Crippen LogP contribution is 2.19. The summed E-state index contributed by atoms with van der Waals surface area (Å²) in [7, 11) is 0. The van der Waals surface area contributed by atoms with Crippen molar-refractivity contribution in [2.45, 2.75) is 19.4 Å². The van der Waals surface area contributed by atoms with Gasteiger partial charge in [-0.05, 0) is 36.6 Å². The lowest BCUT2D eigenvalue weighted by Crippen LogP contribution is -2.20. The molecule has 0 bridgehead atoms. The summed E-state index contributed by atoms with van der Waals surface area (Å²) >= 11 is 0. The maximum atomic E-state index is 9.13. The number of likely N-dealkylation sites (tertiary alicyclic amines) is 1. The van der Waals surface area contributed by atoms with Gasteiger partial charge in [0.2, 0.25) is 0 Å². The molecule has 1 fully saturated rings. The Morgan fingerprint density at radius 2 is 2.16 bits per heavy atom. The Balaban J connectivity index is 1.80. The van der Waals surface area contributed by atoms with Crippen LogP contribution >= 0.6 is 0 Å². The largest absolute Gasteiger partial charge is 0.493 e. The van der Waals surface area contributed by atoms with Crippen molar-refractivity contribution in [3.63, 3.8) is 0 Å². The molecular weight excluding hydrogens is 238 g/mol. The number of benzene rings is 1. The fraction of sp³-hybridized carbons (Fsp3) is 0.500. The number of rotatable bonds is 6. The van der Waals surface area contributed by atoms with Gasteiger partial charge in [0.1, 0.15) is 5.75 Å². The smallest absolute Gasteiger partial charge is 0.119 e. The van der Waals surface area contributed by atoms with Crippen LogP contribution in [0.15, 0.2) is 24.3 Å². The molecule has 1 N–H and O–H groups in total. The van der Waals surface area contributed by atoms with Crippen LogP contribution in [0.25, 0.3) is 0 Å². The molecule has 3 nitrogen and oxygen atoms in total. The van der Waals surface area contributed by atoms with Gasteiger partial charge in [-0.1, -0.05) is 12.1 Å². The van der Waals surface area contributed by atoms with E-state index in [0.717, 1.165) is 31.8 Å². The molecule has 1 aromatic rings. The fourth-order valence-electron chi connectivity index (χ4n) is 2.38. The molecule has 1 aliphatic heterocycles. The summed E-state index contributed by atoms with van der Waals surface area (Å²) < 4.78 is 5.52. The average molecular weight is 259 g/mol. The van der Waals surface area contributed by atoms with Crippen molar-refractivity contribution in [3.05, 3.63) is 29.8 Å². The molecule has 0 amide bonds. The van der Waals surface area contributed by atoms with E-state index in [0.29, 0.717) is 25.6 Å². The number of ether oxygens (including phenoxy) is 1. The number of hydrogen-bond acceptors (Lipinski definition) is 3. The molecule has 2 rings (SSSR count). The first-order valence-corrected chi connectivity index (χ1v) is 6.80. The molecule has 0 spiro atoms. The molecule has 1 saturated heterocycles. The van der Waals surface area contributed by atoms with Crippen LogP contribution in [0.4, 0.5) is 0 Å². The molecule has 102 valence electrons. The molecule has 0 aliphatic carbocycles. The molecule has 1 aromatic carbocycles. The predicted octanol–water partition coefficient (Wildman–Crippen LogP) is 1.90. The monoisotopic (exact) mass is 259 g/mol. The Morgan fingerprint density at radius 1 is 1.37 bits per heavy atom. The second-order valence-corrected chi connectivity index (χ2v) is 5.02. The Hall–Kier alpha value is -1.50. The Morgan fingerprint density at radius 3 is 2.79 bits per heavy atom. The van der Waals surface area contributed by atoms with Gasteiger partial charge in [0, 0.05) is 26.1 Å². The fourth-order valence-corrected chi connectivity index (χ4v) is 2.38. The summed E-state index contributed by atoms with van der Waals surface area (Å²) in [6.45, 7) is 3.89. The van der Waals surface area contributed by atoms with Gasteiger partial charge in [0.05, 0.1) is 6.61 Å². The van der Waals surface area contributed by atoms with Gasteiger partial charge in [-0.2, -0.15) is 0 Å². The predicted molar refractivity (Wildman–Crippen MR) is 75.9 cm³/mol. The van der Waals surface area contributed by atoms with Gasteiger partial charge in [0.15, 0.2) is 0 Å². The third kappa shape index (κ3) is 4.27. The summed E-state index contributed by atoms with van der Waals surface area (Å²) in [5, 5.41) is 9.13. The van der Waals surface area contributed by atoms with Gasteiger partial charge < -0.3 is 9.84 Å². The topological polar surface area (TPSA) is 32.7 Å². The van der Waals surface area contributed by atoms with E-state index in [2.05, 4.69) is 23.0 Å². The van der Waals surface area contributed by atoms with E-state index in [4.69, 9.17) is 16.3 Å². The molecule has 1 aliphatic rings. The van der Waals surface area contributed by atoms with E-state index in [9.17, 15) is 0 Å². The van der Waals surface area contributed by atoms with E-state index in [1.54, 1.807) is 0 Å². The van der Waals surface area contributed by atoms with Gasteiger partial charge >= 0.3 is 0 Å². The van der Waals surface area contributed by atoms with Crippen LogP contribution in [0.2, 0.25) is 0 Å². The number of aliphatic hydroxyl groups is 1. The van der Waals surface area contributed by atoms with Gasteiger partial charge in [-0.25, -0.2) is 0 Å². The van der Waals surface area contributed by atoms with E-state index < -0.39 is 0 Å². The first-order valence-electron chi connectivity index (χ1n) is 6.80. The van der Waals surface area contributed by atoms with Crippen LogP contribution in [0.5, 0.6) is 5.75 Å². The van der Waals surface area contributed by atoms with Crippen LogP contribution < -0.4 is 4.74 Å². The zero-order chi connectivity index (χ0) is 13.5. The highest BCUT2D eigenvalue weighted by Gasteiger charge is 2.21. The SMILES string of the molecule is C#CCCOc1ccc(CN2CCC(CO)C2)cc1. The summed E-state index contributed by atoms with van der Waals surface area (Å²) in [4.78, 5) is 2.38. The summed E-state index contributed by atoms with van der Waals surface area (Å²) in [5.41, 5.74) is 1.28. The quantitative estimate of drug-likeness (QED) is 0.625. The minimum Gasteiger partial charge on any atom is -0.493 e. The third-order valence-corrected chi connectivity index (χ3v) is 3.47. The molecule has 1 unspecified atom stereocenters. The third-order valence-electron chi connectivity index (χ3n) is 3.47. The maximum absolute atomic E-state index is 9.13.